The van der Waals surface area contributed by atoms with Gasteiger partial charge in [0.2, 0.25) is 5.91 Å². The van der Waals surface area contributed by atoms with Gasteiger partial charge in [-0.1, -0.05) is 190 Å². The second-order valence-corrected chi connectivity index (χ2v) is 21.3. The molecule has 7 nitrogen and oxygen atoms in total. The van der Waals surface area contributed by atoms with Crippen molar-refractivity contribution in [2.75, 3.05) is 12.3 Å². The normalized spacial score (nSPS) is 19.1. The van der Waals surface area contributed by atoms with Crippen LogP contribution in [0, 0.1) is 29.6 Å². The quantitative estimate of drug-likeness (QED) is 0.0241. The second-order valence-electron chi connectivity index (χ2n) is 20.1. The molecule has 1 heterocycles. The number of benzene rings is 5. The summed E-state index contributed by atoms with van der Waals surface area (Å²) in [5, 5.41) is 16.6. The molecular weight excluding hydrogens is 924 g/mol. The number of nitrogens with one attached hydrogen (secondary N) is 1. The Kier molecular flexibility index (Phi) is 19.1. The Hall–Kier alpha value is -3.81. The maximum Gasteiger partial charge on any atom is 0.494 e. The molecule has 0 aromatic heterocycles. The van der Waals surface area contributed by atoms with E-state index in [4.69, 9.17) is 19.9 Å². The number of hydrogen-bond acceptors (Lipinski definition) is 6. The second kappa shape index (κ2) is 23.7. The van der Waals surface area contributed by atoms with Crippen molar-refractivity contribution in [3.05, 3.63) is 190 Å². The summed E-state index contributed by atoms with van der Waals surface area (Å²) in [6.07, 6.45) is 11.0. The van der Waals surface area contributed by atoms with Gasteiger partial charge in [0.05, 0.1) is 15.9 Å². The first-order valence-corrected chi connectivity index (χ1v) is 24.1. The van der Waals surface area contributed by atoms with Gasteiger partial charge in [0, 0.05) is 56.3 Å². The van der Waals surface area contributed by atoms with Gasteiger partial charge in [-0.15, -0.1) is 37.2 Å². The molecule has 0 bridgehead atoms. The molecule has 10 heteroatoms. The molecule has 3 fully saturated rings. The molecule has 1 aliphatic heterocycles. The molecule has 2 aliphatic carbocycles. The van der Waals surface area contributed by atoms with Crippen molar-refractivity contribution in [2.24, 2.45) is 16.7 Å². The summed E-state index contributed by atoms with van der Waals surface area (Å²) in [6, 6.07) is 51.1. The van der Waals surface area contributed by atoms with E-state index in [9.17, 15) is 4.79 Å². The minimum absolute atomic E-state index is 0. The third-order valence-corrected chi connectivity index (χ3v) is 15.3. The van der Waals surface area contributed by atoms with Gasteiger partial charge in [0.15, 0.2) is 0 Å². The Morgan fingerprint density at radius 3 is 1.69 bits per heavy atom. The van der Waals surface area contributed by atoms with Gasteiger partial charge in [0.25, 0.3) is 0 Å². The van der Waals surface area contributed by atoms with Gasteiger partial charge in [-0.25, -0.2) is 4.89 Å². The number of nitrogens with zero attached hydrogens (tertiary/aromatic N) is 1. The van der Waals surface area contributed by atoms with E-state index >= 15 is 0 Å². The van der Waals surface area contributed by atoms with Crippen molar-refractivity contribution in [2.45, 2.75) is 110 Å². The van der Waals surface area contributed by atoms with E-state index in [1.807, 2.05) is 69.8 Å². The van der Waals surface area contributed by atoms with Gasteiger partial charge in [-0.05, 0) is 80.1 Å². The van der Waals surface area contributed by atoms with Crippen LogP contribution < -0.4 is 10.8 Å². The Bertz CT molecular complexity index is 2260. The fourth-order valence-corrected chi connectivity index (χ4v) is 10.6. The van der Waals surface area contributed by atoms with Crippen LogP contribution in [0.15, 0.2) is 157 Å². The Balaban J connectivity index is 0.000000335. The predicted octanol–water partition coefficient (Wildman–Crippen LogP) is 12.2. The molecule has 67 heavy (non-hydrogen) atoms. The van der Waals surface area contributed by atoms with E-state index in [0.717, 1.165) is 49.1 Å². The van der Waals surface area contributed by atoms with Crippen molar-refractivity contribution >= 4 is 30.3 Å². The van der Waals surface area contributed by atoms with Crippen LogP contribution in [0.4, 0.5) is 0 Å². The molecular formula is C57H68BN2O5SY-. The van der Waals surface area contributed by atoms with E-state index in [2.05, 4.69) is 166 Å². The van der Waals surface area contributed by atoms with Gasteiger partial charge in [0.1, 0.15) is 6.61 Å². The Morgan fingerprint density at radius 2 is 1.21 bits per heavy atom. The third-order valence-electron chi connectivity index (χ3n) is 13.2. The van der Waals surface area contributed by atoms with Crippen molar-refractivity contribution in [3.8, 4) is 12.8 Å². The molecule has 5 aromatic carbocycles. The van der Waals surface area contributed by atoms with Crippen LogP contribution in [-0.2, 0) is 69.6 Å². The number of rotatable bonds is 17. The summed E-state index contributed by atoms with van der Waals surface area (Å²) in [4.78, 5) is 17.7. The molecule has 1 amide bonds. The molecule has 2 atom stereocenters. The minimum atomic E-state index is -0.478. The zero-order chi connectivity index (χ0) is 47.6. The standard InChI is InChI=1S/C42H47N2OS.C13H19BO4.C2H2.Y/c1-40(2,30-46-42(33-19-11-6-12-20-33,34-21-13-7-14-22-34)35-23-15-8-16-24-35)29-41(3,4)39(45)44-28-32-25-36(32)37-26-38(37)43-27-31-17-9-5-10-18-31;1-12(2)13(3,4)18-14(17-12)11-7-5-10(6-8-11)9-16-15;1-2;/h5-24,32,38H,25-30H2,1-4H3,(H,44,45);5-8,15H,9H2,1-4H3;1-2H;/q-1;;;/b37-36-;;;. The first-order chi connectivity index (χ1) is 31.5. The number of carbonyl (C=O) groups excluding carboxylic acids is 1. The van der Waals surface area contributed by atoms with E-state index in [1.54, 1.807) is 0 Å². The number of terminal acetylenes is 1. The molecule has 5 aromatic rings. The first-order valence-electron chi connectivity index (χ1n) is 23.1. The topological polar surface area (TPSA) is 91.1 Å². The molecule has 2 unspecified atom stereocenters. The van der Waals surface area contributed by atoms with E-state index in [1.165, 1.54) is 33.4 Å². The first kappa shape index (κ1) is 54.1. The van der Waals surface area contributed by atoms with Gasteiger partial charge < -0.3 is 19.9 Å². The van der Waals surface area contributed by atoms with Crippen LogP contribution in [0.1, 0.15) is 102 Å². The summed E-state index contributed by atoms with van der Waals surface area (Å²) < 4.78 is 11.5. The molecule has 1 saturated heterocycles. The molecule has 8 rings (SSSR count). The number of amides is 1. The smallest absolute Gasteiger partial charge is 0.494 e. The Labute approximate surface area is 431 Å². The molecule has 2 saturated carbocycles. The van der Waals surface area contributed by atoms with Crippen molar-refractivity contribution in [1.82, 2.24) is 5.32 Å². The van der Waals surface area contributed by atoms with Crippen LogP contribution >= 0.6 is 11.8 Å². The molecule has 349 valence electrons. The third kappa shape index (κ3) is 13.9. The van der Waals surface area contributed by atoms with E-state index in [0.29, 0.717) is 12.0 Å². The average molecular weight is 993 g/mol. The predicted molar refractivity (Wildman–Crippen MR) is 273 cm³/mol. The van der Waals surface area contributed by atoms with E-state index < -0.39 is 5.41 Å². The van der Waals surface area contributed by atoms with Crippen LogP contribution in [0.5, 0.6) is 0 Å². The maximum absolute atomic E-state index is 13.6. The maximum atomic E-state index is 13.6. The van der Waals surface area contributed by atoms with Gasteiger partial charge in [-0.2, -0.15) is 0 Å². The monoisotopic (exact) mass is 992 g/mol. The van der Waals surface area contributed by atoms with Crippen molar-refractivity contribution in [1.29, 1.82) is 0 Å². The molecule has 0 spiro atoms. The van der Waals surface area contributed by atoms with Crippen molar-refractivity contribution in [3.63, 3.8) is 0 Å². The van der Waals surface area contributed by atoms with E-state index in [-0.39, 0.29) is 73.7 Å². The zero-order valence-electron chi connectivity index (χ0n) is 40.7. The Morgan fingerprint density at radius 1 is 0.731 bits per heavy atom. The molecule has 3 aliphatic rings. The summed E-state index contributed by atoms with van der Waals surface area (Å²) in [6.45, 7) is 18.7. The zero-order valence-corrected chi connectivity index (χ0v) is 44.4. The van der Waals surface area contributed by atoms with Crippen LogP contribution in [0.3, 0.4) is 0 Å². The SMILES string of the molecule is C#C.CC(C)(CSC(c1ccccc1)(c1ccccc1)c1ccccc1)CC(C)(C)C(=O)NCC1C/C1=C1\CC1[N-]Cc1ccccc1.CC1(C)OB(c2ccc(COO)cc2)OC1(C)C.[Y]. The summed E-state index contributed by atoms with van der Waals surface area (Å²) >= 11 is 1.98. The minimum Gasteiger partial charge on any atom is -0.652 e. The average Bonchev–Trinajstić information content (AvgIpc) is 4.25. The summed E-state index contributed by atoms with van der Waals surface area (Å²) in [5.74, 6) is 1.54. The number of hydrogen-bond donors (Lipinski definition) is 2. The summed E-state index contributed by atoms with van der Waals surface area (Å²) in [5.41, 5.74) is 8.79. The fraction of sp³-hybridized carbons (Fsp3) is 0.386. The van der Waals surface area contributed by atoms with Crippen molar-refractivity contribution < 1.29 is 57.0 Å². The molecule has 1 radical (unpaired) electrons. The van der Waals surface area contributed by atoms with Gasteiger partial charge >= 0.3 is 7.12 Å². The van der Waals surface area contributed by atoms with Gasteiger partial charge in [-0.3, -0.25) is 10.1 Å². The number of thioether (sulfide) groups is 1. The molecule has 2 N–H and O–H groups in total. The van der Waals surface area contributed by atoms with Crippen LogP contribution in [0.25, 0.3) is 5.32 Å². The summed E-state index contributed by atoms with van der Waals surface area (Å²) in [7, 11) is -0.348. The fourth-order valence-electron chi connectivity index (χ4n) is 8.94. The number of carbonyl (C=O) groups is 1. The van der Waals surface area contributed by atoms with Crippen LogP contribution in [-0.4, -0.2) is 47.8 Å². The van der Waals surface area contributed by atoms with Crippen LogP contribution in [0.2, 0.25) is 0 Å². The largest absolute Gasteiger partial charge is 0.652 e.